The van der Waals surface area contributed by atoms with Gasteiger partial charge in [0.15, 0.2) is 0 Å². The van der Waals surface area contributed by atoms with Crippen LogP contribution in [0.2, 0.25) is 0 Å². The Kier molecular flexibility index (Phi) is 6.09. The Morgan fingerprint density at radius 1 is 1.33 bits per heavy atom. The van der Waals surface area contributed by atoms with Gasteiger partial charge >= 0.3 is 6.09 Å². The monoisotopic (exact) mass is 281 g/mol. The highest BCUT2D eigenvalue weighted by Gasteiger charge is 2.23. The Bertz CT molecular complexity index is 369. The second-order valence-electron chi connectivity index (χ2n) is 5.72. The van der Waals surface area contributed by atoms with Crippen LogP contribution in [0.3, 0.4) is 0 Å². The van der Waals surface area contributed by atoms with E-state index in [0.29, 0.717) is 6.42 Å². The molecule has 0 aliphatic heterocycles. The Labute approximate surface area is 109 Å². The fourth-order valence-electron chi connectivity index (χ4n) is 1.47. The SMILES string of the molecule is CC(C)C[C@@H](CS(=O)(=O)O)NC(=O)OC(C)(C)C. The van der Waals surface area contributed by atoms with Gasteiger partial charge in [-0.15, -0.1) is 0 Å². The molecule has 0 aromatic rings. The standard InChI is InChI=1S/C11H23NO5S/c1-8(2)6-9(7-18(14,15)16)12-10(13)17-11(3,4)5/h8-9H,6-7H2,1-5H3,(H,12,13)(H,14,15,16)/t9-/m0/s1. The average molecular weight is 281 g/mol. The minimum Gasteiger partial charge on any atom is -0.444 e. The van der Waals surface area contributed by atoms with E-state index in [1.165, 1.54) is 0 Å². The molecule has 1 atom stereocenters. The lowest BCUT2D eigenvalue weighted by Gasteiger charge is -2.23. The van der Waals surface area contributed by atoms with Gasteiger partial charge in [0, 0.05) is 6.04 Å². The molecular weight excluding hydrogens is 258 g/mol. The van der Waals surface area contributed by atoms with Crippen LogP contribution < -0.4 is 5.32 Å². The van der Waals surface area contributed by atoms with Crippen molar-refractivity contribution in [3.8, 4) is 0 Å². The maximum Gasteiger partial charge on any atom is 0.407 e. The van der Waals surface area contributed by atoms with Crippen molar-refractivity contribution in [2.24, 2.45) is 5.92 Å². The van der Waals surface area contributed by atoms with Crippen LogP contribution in [0.5, 0.6) is 0 Å². The summed E-state index contributed by atoms with van der Waals surface area (Å²) in [7, 11) is -4.13. The van der Waals surface area contributed by atoms with Crippen LogP contribution >= 0.6 is 0 Å². The van der Waals surface area contributed by atoms with Crippen LogP contribution in [0.25, 0.3) is 0 Å². The van der Waals surface area contributed by atoms with E-state index in [0.717, 1.165) is 0 Å². The Morgan fingerprint density at radius 3 is 2.17 bits per heavy atom. The van der Waals surface area contributed by atoms with Gasteiger partial charge in [-0.25, -0.2) is 4.79 Å². The summed E-state index contributed by atoms with van der Waals surface area (Å²) in [6, 6.07) is -0.658. The van der Waals surface area contributed by atoms with Crippen molar-refractivity contribution in [3.63, 3.8) is 0 Å². The number of carbonyl (C=O) groups excluding carboxylic acids is 1. The normalized spacial score (nSPS) is 14.4. The van der Waals surface area contributed by atoms with E-state index in [9.17, 15) is 13.2 Å². The number of rotatable bonds is 5. The van der Waals surface area contributed by atoms with E-state index in [1.54, 1.807) is 20.8 Å². The number of alkyl carbamates (subject to hydrolysis) is 1. The first-order valence-corrected chi connectivity index (χ1v) is 7.44. The van der Waals surface area contributed by atoms with E-state index < -0.39 is 33.6 Å². The molecule has 7 heteroatoms. The van der Waals surface area contributed by atoms with Crippen molar-refractivity contribution in [3.05, 3.63) is 0 Å². The number of ether oxygens (including phenoxy) is 1. The fraction of sp³-hybridized carbons (Fsp3) is 0.909. The zero-order valence-electron chi connectivity index (χ0n) is 11.6. The summed E-state index contributed by atoms with van der Waals surface area (Å²) in [6.45, 7) is 8.94. The van der Waals surface area contributed by atoms with Crippen LogP contribution in [0.4, 0.5) is 4.79 Å². The number of nitrogens with one attached hydrogen (secondary N) is 1. The van der Waals surface area contributed by atoms with E-state index >= 15 is 0 Å². The second kappa shape index (κ2) is 6.38. The molecule has 0 saturated carbocycles. The number of amides is 1. The molecule has 0 aromatic heterocycles. The van der Waals surface area contributed by atoms with Crippen molar-refractivity contribution in [2.45, 2.75) is 52.7 Å². The minimum atomic E-state index is -4.13. The summed E-state index contributed by atoms with van der Waals surface area (Å²) in [5.74, 6) is -0.323. The van der Waals surface area contributed by atoms with E-state index in [1.807, 2.05) is 13.8 Å². The molecule has 0 heterocycles. The molecule has 6 nitrogen and oxygen atoms in total. The lowest BCUT2D eigenvalue weighted by Crippen LogP contribution is -2.43. The molecule has 0 saturated heterocycles. The van der Waals surface area contributed by atoms with Crippen molar-refractivity contribution < 1.29 is 22.5 Å². The van der Waals surface area contributed by atoms with E-state index in [-0.39, 0.29) is 5.92 Å². The Hall–Kier alpha value is -0.820. The first kappa shape index (κ1) is 17.2. The van der Waals surface area contributed by atoms with Gasteiger partial charge in [-0.05, 0) is 33.1 Å². The molecule has 0 rings (SSSR count). The number of carbonyl (C=O) groups is 1. The second-order valence-corrected chi connectivity index (χ2v) is 7.22. The number of hydrogen-bond donors (Lipinski definition) is 2. The third-order valence-electron chi connectivity index (χ3n) is 1.89. The lowest BCUT2D eigenvalue weighted by atomic mass is 10.1. The lowest BCUT2D eigenvalue weighted by molar-refractivity contribution is 0.0504. The zero-order chi connectivity index (χ0) is 14.6. The minimum absolute atomic E-state index is 0.187. The molecule has 1 amide bonds. The molecule has 0 radical (unpaired) electrons. The summed E-state index contributed by atoms with van der Waals surface area (Å²) in [5.41, 5.74) is -0.648. The molecule has 0 unspecified atom stereocenters. The van der Waals surface area contributed by atoms with E-state index in [4.69, 9.17) is 9.29 Å². The molecule has 0 fully saturated rings. The molecule has 0 aliphatic carbocycles. The van der Waals surface area contributed by atoms with Crippen molar-refractivity contribution in [1.29, 1.82) is 0 Å². The predicted molar refractivity (Wildman–Crippen MR) is 69.0 cm³/mol. The molecule has 0 aliphatic rings. The largest absolute Gasteiger partial charge is 0.444 e. The Balaban J connectivity index is 4.55. The summed E-state index contributed by atoms with van der Waals surface area (Å²) in [4.78, 5) is 11.5. The summed E-state index contributed by atoms with van der Waals surface area (Å²) >= 11 is 0. The van der Waals surface area contributed by atoms with Gasteiger partial charge in [0.05, 0.1) is 5.75 Å². The first-order valence-electron chi connectivity index (χ1n) is 5.84. The van der Waals surface area contributed by atoms with Crippen molar-refractivity contribution >= 4 is 16.2 Å². The third-order valence-corrected chi connectivity index (χ3v) is 2.71. The molecule has 2 N–H and O–H groups in total. The van der Waals surface area contributed by atoms with Gasteiger partial charge < -0.3 is 10.1 Å². The van der Waals surface area contributed by atoms with Gasteiger partial charge in [-0.1, -0.05) is 13.8 Å². The summed E-state index contributed by atoms with van der Waals surface area (Å²) < 4.78 is 35.6. The van der Waals surface area contributed by atoms with Crippen LogP contribution in [-0.4, -0.2) is 36.5 Å². The predicted octanol–water partition coefficient (Wildman–Crippen LogP) is 1.81. The smallest absolute Gasteiger partial charge is 0.407 e. The van der Waals surface area contributed by atoms with Crippen LogP contribution in [0.1, 0.15) is 41.0 Å². The summed E-state index contributed by atoms with van der Waals surface area (Å²) in [6.07, 6.45) is -0.240. The Morgan fingerprint density at radius 2 is 1.83 bits per heavy atom. The fourth-order valence-corrected chi connectivity index (χ4v) is 2.19. The van der Waals surface area contributed by atoms with Crippen LogP contribution in [0.15, 0.2) is 0 Å². The van der Waals surface area contributed by atoms with Crippen LogP contribution in [0, 0.1) is 5.92 Å². The molecule has 108 valence electrons. The first-order chi connectivity index (χ1) is 7.89. The van der Waals surface area contributed by atoms with Gasteiger partial charge in [-0.2, -0.15) is 8.42 Å². The van der Waals surface area contributed by atoms with E-state index in [2.05, 4.69) is 5.32 Å². The van der Waals surface area contributed by atoms with Crippen molar-refractivity contribution in [1.82, 2.24) is 5.32 Å². The molecule has 18 heavy (non-hydrogen) atoms. The molecule has 0 aromatic carbocycles. The van der Waals surface area contributed by atoms with Crippen LogP contribution in [-0.2, 0) is 14.9 Å². The van der Waals surface area contributed by atoms with Gasteiger partial charge in [-0.3, -0.25) is 4.55 Å². The maximum atomic E-state index is 11.5. The van der Waals surface area contributed by atoms with Gasteiger partial charge in [0.25, 0.3) is 10.1 Å². The maximum absolute atomic E-state index is 11.5. The molecule has 0 spiro atoms. The molecule has 0 bridgehead atoms. The highest BCUT2D eigenvalue weighted by atomic mass is 32.2. The quantitative estimate of drug-likeness (QED) is 0.750. The van der Waals surface area contributed by atoms with Gasteiger partial charge in [0.1, 0.15) is 5.60 Å². The highest BCUT2D eigenvalue weighted by Crippen LogP contribution is 2.10. The molecular formula is C11H23NO5S. The average Bonchev–Trinajstić information content (AvgIpc) is 1.92. The topological polar surface area (TPSA) is 92.7 Å². The summed E-state index contributed by atoms with van der Waals surface area (Å²) in [5, 5.41) is 2.46. The van der Waals surface area contributed by atoms with Gasteiger partial charge in [0.2, 0.25) is 0 Å². The van der Waals surface area contributed by atoms with Crippen molar-refractivity contribution in [2.75, 3.05) is 5.75 Å². The highest BCUT2D eigenvalue weighted by molar-refractivity contribution is 7.85. The third kappa shape index (κ3) is 10.3. The number of hydrogen-bond acceptors (Lipinski definition) is 4. The zero-order valence-corrected chi connectivity index (χ0v) is 12.4.